The Labute approximate surface area is 142 Å². The molecule has 1 aromatic rings. The minimum absolute atomic E-state index is 0.0803. The van der Waals surface area contributed by atoms with Crippen molar-refractivity contribution < 1.29 is 14.3 Å². The van der Waals surface area contributed by atoms with E-state index in [2.05, 4.69) is 0 Å². The molecule has 0 N–H and O–H groups in total. The van der Waals surface area contributed by atoms with E-state index in [1.54, 1.807) is 18.2 Å². The van der Waals surface area contributed by atoms with Crippen LogP contribution in [0, 0.1) is 0 Å². The maximum atomic E-state index is 12.4. The van der Waals surface area contributed by atoms with Crippen LogP contribution in [0.25, 0.3) is 6.08 Å². The van der Waals surface area contributed by atoms with Gasteiger partial charge in [-0.15, -0.1) is 0 Å². The summed E-state index contributed by atoms with van der Waals surface area (Å²) in [4.78, 5) is 26.1. The second kappa shape index (κ2) is 7.18. The van der Waals surface area contributed by atoms with Gasteiger partial charge in [0.1, 0.15) is 5.60 Å². The van der Waals surface area contributed by atoms with E-state index in [4.69, 9.17) is 16.3 Å². The van der Waals surface area contributed by atoms with Gasteiger partial charge in [-0.2, -0.15) is 0 Å². The average molecular weight is 336 g/mol. The van der Waals surface area contributed by atoms with Crippen LogP contribution in [0.1, 0.15) is 39.2 Å². The summed E-state index contributed by atoms with van der Waals surface area (Å²) in [5.41, 5.74) is 0.330. The fraction of sp³-hybridized carbons (Fsp3) is 0.444. The van der Waals surface area contributed by atoms with Gasteiger partial charge in [-0.1, -0.05) is 29.8 Å². The fourth-order valence-corrected chi connectivity index (χ4v) is 2.59. The Bertz CT molecular complexity index is 602. The molecule has 0 spiro atoms. The zero-order chi connectivity index (χ0) is 17.0. The van der Waals surface area contributed by atoms with E-state index in [0.29, 0.717) is 18.0 Å². The maximum Gasteiger partial charge on any atom is 0.410 e. The van der Waals surface area contributed by atoms with Crippen LogP contribution in [-0.2, 0) is 9.53 Å². The summed E-state index contributed by atoms with van der Waals surface area (Å²) in [7, 11) is 0. The monoisotopic (exact) mass is 335 g/mol. The van der Waals surface area contributed by atoms with Gasteiger partial charge in [-0.05, 0) is 57.4 Å². The van der Waals surface area contributed by atoms with E-state index in [-0.39, 0.29) is 5.78 Å². The van der Waals surface area contributed by atoms with E-state index in [1.165, 1.54) is 11.0 Å². The summed E-state index contributed by atoms with van der Waals surface area (Å²) < 4.78 is 5.37. The minimum Gasteiger partial charge on any atom is -0.444 e. The Kier molecular flexibility index (Phi) is 5.47. The van der Waals surface area contributed by atoms with Gasteiger partial charge >= 0.3 is 6.09 Å². The lowest BCUT2D eigenvalue weighted by molar-refractivity contribution is -0.118. The molecule has 1 aromatic carbocycles. The van der Waals surface area contributed by atoms with Crippen LogP contribution in [-0.4, -0.2) is 35.0 Å². The molecule has 0 saturated carbocycles. The van der Waals surface area contributed by atoms with Gasteiger partial charge in [0.2, 0.25) is 0 Å². The smallest absolute Gasteiger partial charge is 0.410 e. The van der Waals surface area contributed by atoms with Gasteiger partial charge in [0.05, 0.1) is 6.04 Å². The Morgan fingerprint density at radius 3 is 2.52 bits per heavy atom. The van der Waals surface area contributed by atoms with Crippen LogP contribution in [0.3, 0.4) is 0 Å². The lowest BCUT2D eigenvalue weighted by atomic mass is 10.1. The van der Waals surface area contributed by atoms with E-state index >= 15 is 0 Å². The first-order valence-electron chi connectivity index (χ1n) is 7.73. The number of ketones is 1. The molecule has 1 saturated heterocycles. The number of nitrogens with zero attached hydrogens (tertiary/aromatic N) is 1. The molecule has 0 aromatic heterocycles. The predicted octanol–water partition coefficient (Wildman–Crippen LogP) is 4.32. The van der Waals surface area contributed by atoms with E-state index in [9.17, 15) is 9.59 Å². The maximum absolute atomic E-state index is 12.4. The molecule has 0 aliphatic carbocycles. The van der Waals surface area contributed by atoms with Crippen LogP contribution in [0.2, 0.25) is 5.02 Å². The number of rotatable bonds is 3. The topological polar surface area (TPSA) is 46.6 Å². The molecule has 0 radical (unpaired) electrons. The van der Waals surface area contributed by atoms with Crippen LogP contribution in [0.15, 0.2) is 30.3 Å². The SMILES string of the molecule is CC(C)(C)OC(=O)N1CCC[C@@H]1C(=O)/C=C/c1ccc(Cl)cc1. The molecule has 1 amide bonds. The van der Waals surface area contributed by atoms with Gasteiger partial charge in [0.15, 0.2) is 5.78 Å². The number of hydrogen-bond donors (Lipinski definition) is 0. The molecule has 1 fully saturated rings. The van der Waals surface area contributed by atoms with Crippen molar-refractivity contribution in [3.63, 3.8) is 0 Å². The summed E-state index contributed by atoms with van der Waals surface area (Å²) in [6.07, 6.45) is 4.32. The number of carbonyl (C=O) groups excluding carboxylic acids is 2. The number of carbonyl (C=O) groups is 2. The molecule has 1 atom stereocenters. The first-order valence-corrected chi connectivity index (χ1v) is 8.11. The molecule has 4 nitrogen and oxygen atoms in total. The summed E-state index contributed by atoms with van der Waals surface area (Å²) in [6, 6.07) is 6.79. The third-order valence-electron chi connectivity index (χ3n) is 3.52. The second-order valence-electron chi connectivity index (χ2n) is 6.62. The van der Waals surface area contributed by atoms with Crippen molar-refractivity contribution in [2.75, 3.05) is 6.54 Å². The molecule has 0 bridgehead atoms. The number of likely N-dealkylation sites (tertiary alicyclic amines) is 1. The largest absolute Gasteiger partial charge is 0.444 e. The highest BCUT2D eigenvalue weighted by molar-refractivity contribution is 6.30. The third kappa shape index (κ3) is 5.10. The zero-order valence-electron chi connectivity index (χ0n) is 13.7. The summed E-state index contributed by atoms with van der Waals surface area (Å²) in [6.45, 7) is 6.01. The molecular formula is C18H22ClNO3. The molecule has 1 aliphatic rings. The molecule has 1 heterocycles. The molecule has 1 aliphatic heterocycles. The Balaban J connectivity index is 2.02. The molecular weight excluding hydrogens is 314 g/mol. The van der Waals surface area contributed by atoms with E-state index in [1.807, 2.05) is 32.9 Å². The quantitative estimate of drug-likeness (QED) is 0.773. The third-order valence-corrected chi connectivity index (χ3v) is 3.77. The Morgan fingerprint density at radius 1 is 1.26 bits per heavy atom. The number of hydrogen-bond acceptors (Lipinski definition) is 3. The molecule has 2 rings (SSSR count). The molecule has 124 valence electrons. The van der Waals surface area contributed by atoms with Gasteiger partial charge in [0, 0.05) is 11.6 Å². The number of benzene rings is 1. The highest BCUT2D eigenvalue weighted by Gasteiger charge is 2.35. The second-order valence-corrected chi connectivity index (χ2v) is 7.06. The van der Waals surface area contributed by atoms with Gasteiger partial charge in [-0.3, -0.25) is 9.69 Å². The molecule has 5 heteroatoms. The highest BCUT2D eigenvalue weighted by Crippen LogP contribution is 2.22. The van der Waals surface area contributed by atoms with Crippen molar-refractivity contribution in [3.05, 3.63) is 40.9 Å². The van der Waals surface area contributed by atoms with Crippen molar-refractivity contribution in [1.82, 2.24) is 4.90 Å². The number of amides is 1. The molecule has 23 heavy (non-hydrogen) atoms. The van der Waals surface area contributed by atoms with Crippen LogP contribution >= 0.6 is 11.6 Å². The fourth-order valence-electron chi connectivity index (χ4n) is 2.46. The van der Waals surface area contributed by atoms with Crippen molar-refractivity contribution in [2.45, 2.75) is 45.3 Å². The van der Waals surface area contributed by atoms with E-state index < -0.39 is 17.7 Å². The lowest BCUT2D eigenvalue weighted by Crippen LogP contribution is -2.42. The predicted molar refractivity (Wildman–Crippen MR) is 91.5 cm³/mol. The van der Waals surface area contributed by atoms with Gasteiger partial charge in [0.25, 0.3) is 0 Å². The normalized spacial score (nSPS) is 18.4. The first-order chi connectivity index (χ1) is 10.8. The number of ether oxygens (including phenoxy) is 1. The zero-order valence-corrected chi connectivity index (χ0v) is 14.5. The van der Waals surface area contributed by atoms with Crippen molar-refractivity contribution in [3.8, 4) is 0 Å². The van der Waals surface area contributed by atoms with Crippen molar-refractivity contribution in [1.29, 1.82) is 0 Å². The van der Waals surface area contributed by atoms with Crippen LogP contribution < -0.4 is 0 Å². The summed E-state index contributed by atoms with van der Waals surface area (Å²) in [5, 5.41) is 0.653. The van der Waals surface area contributed by atoms with Gasteiger partial charge in [-0.25, -0.2) is 4.79 Å². The standard InChI is InChI=1S/C18H22ClNO3/c1-18(2,3)23-17(22)20-12-4-5-15(20)16(21)11-8-13-6-9-14(19)10-7-13/h6-11,15H,4-5,12H2,1-3H3/b11-8+/t15-/m1/s1. The number of halogens is 1. The van der Waals surface area contributed by atoms with Gasteiger partial charge < -0.3 is 4.74 Å². The highest BCUT2D eigenvalue weighted by atomic mass is 35.5. The van der Waals surface area contributed by atoms with E-state index in [0.717, 1.165) is 12.0 Å². The Hall–Kier alpha value is -1.81. The van der Waals surface area contributed by atoms with Crippen LogP contribution in [0.4, 0.5) is 4.79 Å². The molecule has 0 unspecified atom stereocenters. The van der Waals surface area contributed by atoms with Crippen LogP contribution in [0.5, 0.6) is 0 Å². The first kappa shape index (κ1) is 17.5. The van der Waals surface area contributed by atoms with Crippen molar-refractivity contribution in [2.24, 2.45) is 0 Å². The minimum atomic E-state index is -0.563. The Morgan fingerprint density at radius 2 is 1.91 bits per heavy atom. The lowest BCUT2D eigenvalue weighted by Gasteiger charge is -2.27. The summed E-state index contributed by atoms with van der Waals surface area (Å²) >= 11 is 5.84. The average Bonchev–Trinajstić information content (AvgIpc) is 2.94. The van der Waals surface area contributed by atoms with Crippen molar-refractivity contribution >= 4 is 29.6 Å². The summed E-state index contributed by atoms with van der Waals surface area (Å²) in [5.74, 6) is -0.0803.